The van der Waals surface area contributed by atoms with Gasteiger partial charge in [0.2, 0.25) is 0 Å². The van der Waals surface area contributed by atoms with Crippen LogP contribution in [0, 0.1) is 17.8 Å². The van der Waals surface area contributed by atoms with Crippen LogP contribution in [0.5, 0.6) is 0 Å². The molecule has 1 aliphatic carbocycles. The van der Waals surface area contributed by atoms with E-state index in [0.717, 1.165) is 10.9 Å². The first kappa shape index (κ1) is 16.7. The molecular formula is C17H23O2P. The Kier molecular flexibility index (Phi) is 7.34. The van der Waals surface area contributed by atoms with Crippen LogP contribution < -0.4 is 5.30 Å². The first-order valence-corrected chi connectivity index (χ1v) is 7.78. The quantitative estimate of drug-likeness (QED) is 0.449. The molecule has 1 aromatic rings. The van der Waals surface area contributed by atoms with Crippen LogP contribution in [0.15, 0.2) is 18.2 Å². The van der Waals surface area contributed by atoms with Crippen LogP contribution in [0.3, 0.4) is 0 Å². The lowest BCUT2D eigenvalue weighted by molar-refractivity contribution is 0.0602. The average molecular weight is 290 g/mol. The molecule has 0 saturated heterocycles. The summed E-state index contributed by atoms with van der Waals surface area (Å²) in [5.41, 5.74) is 1.54. The second-order valence-corrected chi connectivity index (χ2v) is 5.17. The summed E-state index contributed by atoms with van der Waals surface area (Å²) in [6.07, 6.45) is 5.05. The van der Waals surface area contributed by atoms with Crippen molar-refractivity contribution in [3.8, 4) is 11.8 Å². The Morgan fingerprint density at radius 1 is 1.30 bits per heavy atom. The number of esters is 1. The zero-order valence-corrected chi connectivity index (χ0v) is 13.7. The van der Waals surface area contributed by atoms with E-state index in [2.05, 4.69) is 21.1 Å². The molecular weight excluding hydrogens is 267 g/mol. The van der Waals surface area contributed by atoms with Crippen molar-refractivity contribution in [2.75, 3.05) is 7.11 Å². The normalized spacial score (nSPS) is 13.8. The molecule has 1 atom stereocenters. The highest BCUT2D eigenvalue weighted by Crippen LogP contribution is 2.23. The molecule has 1 aromatic carbocycles. The molecule has 108 valence electrons. The van der Waals surface area contributed by atoms with Crippen molar-refractivity contribution in [1.29, 1.82) is 0 Å². The fraction of sp³-hybridized carbons (Fsp3) is 0.471. The molecule has 0 N–H and O–H groups in total. The molecule has 1 aliphatic rings. The van der Waals surface area contributed by atoms with Crippen LogP contribution in [-0.4, -0.2) is 13.1 Å². The lowest BCUT2D eigenvalue weighted by Gasteiger charge is -2.03. The number of hydrogen-bond acceptors (Lipinski definition) is 2. The van der Waals surface area contributed by atoms with E-state index >= 15 is 0 Å². The number of hydrogen-bond donors (Lipinski definition) is 0. The average Bonchev–Trinajstić information content (AvgIpc) is 3.00. The van der Waals surface area contributed by atoms with Gasteiger partial charge in [-0.15, -0.1) is 9.24 Å². The fourth-order valence-corrected chi connectivity index (χ4v) is 2.59. The van der Waals surface area contributed by atoms with E-state index < -0.39 is 0 Å². The van der Waals surface area contributed by atoms with Crippen molar-refractivity contribution < 1.29 is 9.53 Å². The molecule has 3 heteroatoms. The molecule has 2 nitrogen and oxygen atoms in total. The van der Waals surface area contributed by atoms with Crippen LogP contribution in [0.4, 0.5) is 0 Å². The highest BCUT2D eigenvalue weighted by Gasteiger charge is 2.12. The molecule has 1 saturated carbocycles. The first-order valence-electron chi connectivity index (χ1n) is 7.20. The zero-order chi connectivity index (χ0) is 15.0. The molecule has 20 heavy (non-hydrogen) atoms. The van der Waals surface area contributed by atoms with Gasteiger partial charge in [-0.3, -0.25) is 0 Å². The summed E-state index contributed by atoms with van der Waals surface area (Å²) in [6, 6.07) is 5.56. The number of methoxy groups -OCH3 is 1. The maximum atomic E-state index is 11.4. The maximum Gasteiger partial charge on any atom is 0.338 e. The predicted molar refractivity (Wildman–Crippen MR) is 87.3 cm³/mol. The largest absolute Gasteiger partial charge is 0.465 e. The van der Waals surface area contributed by atoms with Crippen LogP contribution >= 0.6 is 9.24 Å². The van der Waals surface area contributed by atoms with Crippen LogP contribution in [0.1, 0.15) is 55.5 Å². The van der Waals surface area contributed by atoms with E-state index in [0.29, 0.717) is 11.5 Å². The molecule has 1 fully saturated rings. The molecule has 0 bridgehead atoms. The lowest BCUT2D eigenvalue weighted by Crippen LogP contribution is -2.11. The molecule has 0 heterocycles. The highest BCUT2D eigenvalue weighted by molar-refractivity contribution is 7.27. The SMILES string of the molecule is CC.COC(=O)c1ccc(C#CC2CCCC2)cc1P. The highest BCUT2D eigenvalue weighted by atomic mass is 31.0. The molecule has 0 aliphatic heterocycles. The van der Waals surface area contributed by atoms with Crippen molar-refractivity contribution >= 4 is 20.5 Å². The third-order valence-corrected chi connectivity index (χ3v) is 3.71. The van der Waals surface area contributed by atoms with Crippen molar-refractivity contribution in [3.05, 3.63) is 29.3 Å². The number of ether oxygens (including phenoxy) is 1. The van der Waals surface area contributed by atoms with Crippen LogP contribution in [0.25, 0.3) is 0 Å². The van der Waals surface area contributed by atoms with Gasteiger partial charge in [-0.2, -0.15) is 0 Å². The minimum absolute atomic E-state index is 0.310. The summed E-state index contributed by atoms with van der Waals surface area (Å²) < 4.78 is 4.71. The van der Waals surface area contributed by atoms with Crippen LogP contribution in [0.2, 0.25) is 0 Å². The molecule has 1 unspecified atom stereocenters. The second-order valence-electron chi connectivity index (χ2n) is 4.54. The molecule has 0 amide bonds. The third-order valence-electron chi connectivity index (χ3n) is 3.23. The van der Waals surface area contributed by atoms with Crippen molar-refractivity contribution in [2.45, 2.75) is 39.5 Å². The van der Waals surface area contributed by atoms with Crippen molar-refractivity contribution in [1.82, 2.24) is 0 Å². The third kappa shape index (κ3) is 4.66. The number of benzene rings is 1. The zero-order valence-electron chi connectivity index (χ0n) is 12.5. The summed E-state index contributed by atoms with van der Waals surface area (Å²) in [4.78, 5) is 11.4. The summed E-state index contributed by atoms with van der Waals surface area (Å²) in [5, 5.41) is 0.833. The Morgan fingerprint density at radius 3 is 2.50 bits per heavy atom. The van der Waals surface area contributed by atoms with E-state index in [1.54, 1.807) is 6.07 Å². The Labute approximate surface area is 124 Å². The van der Waals surface area contributed by atoms with Gasteiger partial charge in [0.25, 0.3) is 0 Å². The Bertz CT molecular complexity index is 505. The van der Waals surface area contributed by atoms with Gasteiger partial charge in [-0.25, -0.2) is 4.79 Å². The first-order chi connectivity index (χ1) is 9.70. The lowest BCUT2D eigenvalue weighted by atomic mass is 10.1. The Hall–Kier alpha value is -1.32. The summed E-state index contributed by atoms with van der Waals surface area (Å²) in [5.74, 6) is 6.75. The molecule has 2 rings (SSSR count). The summed E-state index contributed by atoms with van der Waals surface area (Å²) in [6.45, 7) is 4.00. The van der Waals surface area contributed by atoms with Gasteiger partial charge < -0.3 is 4.74 Å². The van der Waals surface area contributed by atoms with Gasteiger partial charge >= 0.3 is 5.97 Å². The van der Waals surface area contributed by atoms with Gasteiger partial charge in [0.05, 0.1) is 12.7 Å². The molecule has 0 radical (unpaired) electrons. The summed E-state index contributed by atoms with van der Waals surface area (Å²) in [7, 11) is 3.95. The monoisotopic (exact) mass is 290 g/mol. The van der Waals surface area contributed by atoms with E-state index in [-0.39, 0.29) is 5.97 Å². The fourth-order valence-electron chi connectivity index (χ4n) is 2.19. The minimum atomic E-state index is -0.310. The maximum absolute atomic E-state index is 11.4. The van der Waals surface area contributed by atoms with E-state index in [4.69, 9.17) is 4.74 Å². The van der Waals surface area contributed by atoms with Gasteiger partial charge in [0, 0.05) is 11.5 Å². The predicted octanol–water partition coefficient (Wildman–Crippen LogP) is 3.54. The van der Waals surface area contributed by atoms with Gasteiger partial charge in [-0.05, 0) is 36.3 Å². The Morgan fingerprint density at radius 2 is 1.95 bits per heavy atom. The van der Waals surface area contributed by atoms with Crippen molar-refractivity contribution in [2.24, 2.45) is 5.92 Å². The Balaban J connectivity index is 0.000000956. The minimum Gasteiger partial charge on any atom is -0.465 e. The van der Waals surface area contributed by atoms with E-state index in [9.17, 15) is 4.79 Å². The van der Waals surface area contributed by atoms with E-state index in [1.807, 2.05) is 26.0 Å². The number of carbonyl (C=O) groups excluding carboxylic acids is 1. The standard InChI is InChI=1S/C15H17O2P.C2H6/c1-17-15(16)13-9-8-12(10-14(13)18)7-6-11-4-2-3-5-11;1-2/h8-11H,2-5,18H2,1H3;1-2H3. The topological polar surface area (TPSA) is 26.3 Å². The van der Waals surface area contributed by atoms with E-state index in [1.165, 1.54) is 32.8 Å². The molecule has 0 spiro atoms. The smallest absolute Gasteiger partial charge is 0.338 e. The van der Waals surface area contributed by atoms with Gasteiger partial charge in [0.15, 0.2) is 0 Å². The number of carbonyl (C=O) groups is 1. The summed E-state index contributed by atoms with van der Waals surface area (Å²) >= 11 is 0. The van der Waals surface area contributed by atoms with Gasteiger partial charge in [0.1, 0.15) is 0 Å². The van der Waals surface area contributed by atoms with Gasteiger partial charge in [-0.1, -0.05) is 38.5 Å². The van der Waals surface area contributed by atoms with Crippen LogP contribution in [-0.2, 0) is 4.74 Å². The number of rotatable bonds is 1. The molecule has 0 aromatic heterocycles. The van der Waals surface area contributed by atoms with Crippen molar-refractivity contribution in [3.63, 3.8) is 0 Å². The second kappa shape index (κ2) is 8.77.